The fourth-order valence-corrected chi connectivity index (χ4v) is 6.08. The number of hydrogen-bond acceptors (Lipinski definition) is 6. The largest absolute Gasteiger partial charge is 0.495 e. The van der Waals surface area contributed by atoms with Gasteiger partial charge in [-0.15, -0.1) is 17.9 Å². The number of allylic oxidation sites excluding steroid dienone is 1. The standard InChI is InChI=1S/C26H24ClN3O3S2/c1-5-13-30-25(32)21-15(2)16(3)34-24(21)29-26(30)35-22(17-9-7-6-8-10-17)23(31)28-18-11-12-20(33-4)19(27)14-18/h5-12,14,22H,1,13H2,2-4H3,(H,28,31). The first kappa shape index (κ1) is 25.0. The van der Waals surface area contributed by atoms with Crippen molar-refractivity contribution < 1.29 is 9.53 Å². The van der Waals surface area contributed by atoms with Gasteiger partial charge in [0.2, 0.25) is 5.91 Å². The molecule has 2 heterocycles. The molecule has 0 saturated heterocycles. The molecule has 35 heavy (non-hydrogen) atoms. The number of aryl methyl sites for hydroxylation is 2. The summed E-state index contributed by atoms with van der Waals surface area (Å²) in [6.07, 6.45) is 1.66. The average Bonchev–Trinajstić information content (AvgIpc) is 3.13. The van der Waals surface area contributed by atoms with E-state index in [1.165, 1.54) is 30.2 Å². The number of aromatic nitrogens is 2. The summed E-state index contributed by atoms with van der Waals surface area (Å²) in [6.45, 7) is 8.00. The van der Waals surface area contributed by atoms with Gasteiger partial charge < -0.3 is 10.1 Å². The third-order valence-corrected chi connectivity index (χ3v) is 8.19. The van der Waals surface area contributed by atoms with Gasteiger partial charge in [-0.3, -0.25) is 14.2 Å². The summed E-state index contributed by atoms with van der Waals surface area (Å²) >= 11 is 8.96. The first-order valence-electron chi connectivity index (χ1n) is 10.8. The Balaban J connectivity index is 1.76. The lowest BCUT2D eigenvalue weighted by Gasteiger charge is -2.19. The summed E-state index contributed by atoms with van der Waals surface area (Å²) in [5.74, 6) is 0.256. The van der Waals surface area contributed by atoms with Gasteiger partial charge >= 0.3 is 0 Å². The van der Waals surface area contributed by atoms with Crippen molar-refractivity contribution in [3.8, 4) is 5.75 Å². The van der Waals surface area contributed by atoms with Crippen LogP contribution in [0.4, 0.5) is 5.69 Å². The maximum atomic E-state index is 13.5. The Kier molecular flexibility index (Phi) is 7.64. The van der Waals surface area contributed by atoms with E-state index >= 15 is 0 Å². The number of anilines is 1. The highest BCUT2D eigenvalue weighted by Gasteiger charge is 2.26. The Morgan fingerprint density at radius 1 is 1.29 bits per heavy atom. The molecule has 1 atom stereocenters. The smallest absolute Gasteiger partial charge is 0.263 e. The molecule has 2 aromatic carbocycles. The van der Waals surface area contributed by atoms with Crippen LogP contribution in [0.1, 0.15) is 21.3 Å². The molecule has 0 aliphatic heterocycles. The number of halogens is 1. The Morgan fingerprint density at radius 2 is 2.03 bits per heavy atom. The number of thioether (sulfide) groups is 1. The molecule has 0 saturated carbocycles. The van der Waals surface area contributed by atoms with Crippen LogP contribution in [0, 0.1) is 13.8 Å². The third kappa shape index (κ3) is 5.15. The molecule has 0 aliphatic carbocycles. The molecule has 1 amide bonds. The summed E-state index contributed by atoms with van der Waals surface area (Å²) in [6, 6.07) is 14.5. The number of hydrogen-bond donors (Lipinski definition) is 1. The number of fused-ring (bicyclic) bond motifs is 1. The molecule has 4 rings (SSSR count). The van der Waals surface area contributed by atoms with Crippen molar-refractivity contribution in [3.63, 3.8) is 0 Å². The SMILES string of the molecule is C=CCn1c(SC(C(=O)Nc2ccc(OC)c(Cl)c2)c2ccccc2)nc2sc(C)c(C)c2c1=O. The van der Waals surface area contributed by atoms with Gasteiger partial charge in [0.05, 0.1) is 17.5 Å². The Labute approximate surface area is 216 Å². The first-order valence-corrected chi connectivity index (χ1v) is 12.9. The lowest BCUT2D eigenvalue weighted by molar-refractivity contribution is -0.115. The molecule has 0 fully saturated rings. The number of carbonyl (C=O) groups is 1. The molecule has 0 bridgehead atoms. The molecule has 1 N–H and O–H groups in total. The van der Waals surface area contributed by atoms with Gasteiger partial charge in [0, 0.05) is 17.1 Å². The molecule has 0 spiro atoms. The minimum Gasteiger partial charge on any atom is -0.495 e. The predicted octanol–water partition coefficient (Wildman–Crippen LogP) is 6.39. The number of nitrogens with one attached hydrogen (secondary N) is 1. The molecule has 2 aromatic heterocycles. The van der Waals surface area contributed by atoms with E-state index in [2.05, 4.69) is 11.9 Å². The van der Waals surface area contributed by atoms with Gasteiger partial charge in [0.1, 0.15) is 15.8 Å². The van der Waals surface area contributed by atoms with Crippen molar-refractivity contribution in [3.05, 3.63) is 92.6 Å². The van der Waals surface area contributed by atoms with Crippen molar-refractivity contribution in [2.45, 2.75) is 30.8 Å². The van der Waals surface area contributed by atoms with E-state index in [0.29, 0.717) is 31.8 Å². The number of thiophene rings is 1. The van der Waals surface area contributed by atoms with Crippen LogP contribution in [0.2, 0.25) is 5.02 Å². The predicted molar refractivity (Wildman–Crippen MR) is 145 cm³/mol. The maximum absolute atomic E-state index is 13.5. The Morgan fingerprint density at radius 3 is 2.69 bits per heavy atom. The van der Waals surface area contributed by atoms with Crippen molar-refractivity contribution in [1.82, 2.24) is 9.55 Å². The van der Waals surface area contributed by atoms with Gasteiger partial charge in [0.15, 0.2) is 5.16 Å². The van der Waals surface area contributed by atoms with Crippen LogP contribution in [0.15, 0.2) is 71.1 Å². The van der Waals surface area contributed by atoms with E-state index in [-0.39, 0.29) is 18.0 Å². The van der Waals surface area contributed by atoms with Crippen LogP contribution in [-0.2, 0) is 11.3 Å². The van der Waals surface area contributed by atoms with Crippen LogP contribution < -0.4 is 15.6 Å². The molecule has 1 unspecified atom stereocenters. The maximum Gasteiger partial charge on any atom is 0.263 e. The highest BCUT2D eigenvalue weighted by Crippen LogP contribution is 2.37. The van der Waals surface area contributed by atoms with Crippen LogP contribution in [0.3, 0.4) is 0 Å². The van der Waals surface area contributed by atoms with Crippen molar-refractivity contribution in [2.75, 3.05) is 12.4 Å². The van der Waals surface area contributed by atoms with Crippen LogP contribution in [0.5, 0.6) is 5.75 Å². The van der Waals surface area contributed by atoms with E-state index in [4.69, 9.17) is 21.3 Å². The second-order valence-electron chi connectivity index (χ2n) is 7.81. The molecule has 9 heteroatoms. The van der Waals surface area contributed by atoms with Gasteiger partial charge in [-0.2, -0.15) is 0 Å². The number of ether oxygens (including phenoxy) is 1. The minimum absolute atomic E-state index is 0.131. The second-order valence-corrected chi connectivity index (χ2v) is 10.5. The van der Waals surface area contributed by atoms with E-state index in [0.717, 1.165) is 16.0 Å². The Bertz CT molecular complexity index is 1460. The molecule has 180 valence electrons. The molecule has 0 radical (unpaired) electrons. The number of rotatable bonds is 8. The first-order chi connectivity index (χ1) is 16.8. The topological polar surface area (TPSA) is 73.2 Å². The monoisotopic (exact) mass is 525 g/mol. The number of methoxy groups -OCH3 is 1. The van der Waals surface area contributed by atoms with Gasteiger partial charge in [-0.1, -0.05) is 59.8 Å². The fraction of sp³-hybridized carbons (Fsp3) is 0.192. The van der Waals surface area contributed by atoms with Crippen molar-refractivity contribution >= 4 is 56.5 Å². The van der Waals surface area contributed by atoms with Crippen LogP contribution in [0.25, 0.3) is 10.2 Å². The minimum atomic E-state index is -0.667. The summed E-state index contributed by atoms with van der Waals surface area (Å²) in [4.78, 5) is 33.4. The quantitative estimate of drug-likeness (QED) is 0.164. The summed E-state index contributed by atoms with van der Waals surface area (Å²) < 4.78 is 6.77. The molecular formula is C26H24ClN3O3S2. The molecule has 4 aromatic rings. The number of carbonyl (C=O) groups excluding carboxylic acids is 1. The number of benzene rings is 2. The second kappa shape index (κ2) is 10.7. The zero-order chi connectivity index (χ0) is 25.1. The van der Waals surface area contributed by atoms with Gasteiger partial charge in [-0.25, -0.2) is 4.98 Å². The van der Waals surface area contributed by atoms with E-state index in [9.17, 15) is 9.59 Å². The zero-order valence-electron chi connectivity index (χ0n) is 19.5. The lowest BCUT2D eigenvalue weighted by atomic mass is 10.1. The third-order valence-electron chi connectivity index (χ3n) is 5.55. The summed E-state index contributed by atoms with van der Waals surface area (Å²) in [5.41, 5.74) is 2.13. The summed E-state index contributed by atoms with van der Waals surface area (Å²) in [7, 11) is 1.53. The molecular weight excluding hydrogens is 502 g/mol. The average molecular weight is 526 g/mol. The number of nitrogens with zero attached hydrogens (tertiary/aromatic N) is 2. The van der Waals surface area contributed by atoms with E-state index < -0.39 is 5.25 Å². The zero-order valence-corrected chi connectivity index (χ0v) is 21.9. The fourth-order valence-electron chi connectivity index (χ4n) is 3.65. The van der Waals surface area contributed by atoms with Gasteiger partial charge in [0.25, 0.3) is 5.56 Å². The van der Waals surface area contributed by atoms with Gasteiger partial charge in [-0.05, 0) is 43.2 Å². The molecule has 0 aliphatic rings. The normalized spacial score (nSPS) is 11.9. The molecule has 6 nitrogen and oxygen atoms in total. The van der Waals surface area contributed by atoms with E-state index in [1.54, 1.807) is 28.8 Å². The van der Waals surface area contributed by atoms with Crippen LogP contribution in [-0.4, -0.2) is 22.6 Å². The summed E-state index contributed by atoms with van der Waals surface area (Å²) in [5, 5.41) is 3.74. The Hall–Kier alpha value is -3.07. The number of amides is 1. The van der Waals surface area contributed by atoms with Crippen LogP contribution >= 0.6 is 34.7 Å². The van der Waals surface area contributed by atoms with Crippen molar-refractivity contribution in [2.24, 2.45) is 0 Å². The highest BCUT2D eigenvalue weighted by atomic mass is 35.5. The van der Waals surface area contributed by atoms with E-state index in [1.807, 2.05) is 44.2 Å². The van der Waals surface area contributed by atoms with Crippen molar-refractivity contribution in [1.29, 1.82) is 0 Å². The lowest BCUT2D eigenvalue weighted by Crippen LogP contribution is -2.25. The highest BCUT2D eigenvalue weighted by molar-refractivity contribution is 8.00.